The lowest BCUT2D eigenvalue weighted by Gasteiger charge is -2.25. The molecule has 0 bridgehead atoms. The van der Waals surface area contributed by atoms with Crippen LogP contribution in [0.5, 0.6) is 23.0 Å². The van der Waals surface area contributed by atoms with E-state index in [0.717, 1.165) is 5.56 Å². The normalized spacial score (nSPS) is 16.6. The summed E-state index contributed by atoms with van der Waals surface area (Å²) in [5.74, 6) is 3.21. The second-order valence-electron chi connectivity index (χ2n) is 7.76. The first-order chi connectivity index (χ1) is 16.0. The predicted molar refractivity (Wildman–Crippen MR) is 120 cm³/mol. The largest absolute Gasteiger partial charge is 0.497 e. The highest BCUT2D eigenvalue weighted by Gasteiger charge is 2.37. The Morgan fingerprint density at radius 3 is 2.42 bits per heavy atom. The van der Waals surface area contributed by atoms with Crippen molar-refractivity contribution in [1.29, 1.82) is 0 Å². The van der Waals surface area contributed by atoms with Gasteiger partial charge >= 0.3 is 0 Å². The standard InChI is InChI=1S/C24H27N3O6/c1-14(15-6-9-19(30-3)21(10-15)32-5)27-13-16(11-22(27)28)23-25-24(33-26-23)18-8-7-17(29-2)12-20(18)31-4/h6-10,12,14,16H,11,13H2,1-5H3. The maximum atomic E-state index is 12.8. The van der Waals surface area contributed by atoms with Crippen LogP contribution in [0.4, 0.5) is 0 Å². The number of hydrogen-bond acceptors (Lipinski definition) is 8. The minimum absolute atomic E-state index is 0.0377. The van der Waals surface area contributed by atoms with Crippen molar-refractivity contribution < 1.29 is 28.3 Å². The minimum Gasteiger partial charge on any atom is -0.497 e. The van der Waals surface area contributed by atoms with Gasteiger partial charge in [-0.1, -0.05) is 11.2 Å². The molecule has 1 saturated heterocycles. The number of methoxy groups -OCH3 is 4. The van der Waals surface area contributed by atoms with Gasteiger partial charge in [0.1, 0.15) is 11.5 Å². The van der Waals surface area contributed by atoms with Crippen molar-refractivity contribution in [2.24, 2.45) is 0 Å². The molecule has 0 radical (unpaired) electrons. The number of carbonyl (C=O) groups excluding carboxylic acids is 1. The zero-order valence-electron chi connectivity index (χ0n) is 19.3. The lowest BCUT2D eigenvalue weighted by Crippen LogP contribution is -2.28. The zero-order chi connectivity index (χ0) is 23.5. The van der Waals surface area contributed by atoms with Gasteiger partial charge in [0.05, 0.1) is 40.0 Å². The van der Waals surface area contributed by atoms with Crippen molar-refractivity contribution >= 4 is 5.91 Å². The molecule has 0 spiro atoms. The Labute approximate surface area is 192 Å². The maximum Gasteiger partial charge on any atom is 0.261 e. The Hall–Kier alpha value is -3.75. The predicted octanol–water partition coefficient (Wildman–Crippen LogP) is 3.85. The van der Waals surface area contributed by atoms with Gasteiger partial charge in [-0.25, -0.2) is 0 Å². The summed E-state index contributed by atoms with van der Waals surface area (Å²) in [6, 6.07) is 10.9. The molecule has 9 nitrogen and oxygen atoms in total. The van der Waals surface area contributed by atoms with Crippen molar-refractivity contribution in [3.63, 3.8) is 0 Å². The highest BCUT2D eigenvalue weighted by Crippen LogP contribution is 2.38. The number of hydrogen-bond donors (Lipinski definition) is 0. The maximum absolute atomic E-state index is 12.8. The van der Waals surface area contributed by atoms with Crippen LogP contribution in [-0.4, -0.2) is 55.9 Å². The second kappa shape index (κ2) is 9.40. The topological polar surface area (TPSA) is 96.2 Å². The van der Waals surface area contributed by atoms with Crippen LogP contribution in [0.1, 0.15) is 36.7 Å². The molecule has 0 aliphatic carbocycles. The molecule has 2 atom stereocenters. The Kier molecular flexibility index (Phi) is 6.39. The molecule has 0 N–H and O–H groups in total. The Morgan fingerprint density at radius 2 is 1.73 bits per heavy atom. The molecular weight excluding hydrogens is 426 g/mol. The summed E-state index contributed by atoms with van der Waals surface area (Å²) in [5.41, 5.74) is 1.62. The molecular formula is C24H27N3O6. The molecule has 1 fully saturated rings. The number of likely N-dealkylation sites (tertiary alicyclic amines) is 1. The Morgan fingerprint density at radius 1 is 0.970 bits per heavy atom. The highest BCUT2D eigenvalue weighted by molar-refractivity contribution is 5.80. The third-order valence-electron chi connectivity index (χ3n) is 5.96. The van der Waals surface area contributed by atoms with Crippen LogP contribution in [0.15, 0.2) is 40.9 Å². The van der Waals surface area contributed by atoms with Gasteiger partial charge in [0.15, 0.2) is 17.3 Å². The van der Waals surface area contributed by atoms with E-state index < -0.39 is 0 Å². The molecule has 1 aromatic heterocycles. The number of benzene rings is 2. The molecule has 9 heteroatoms. The van der Waals surface area contributed by atoms with E-state index in [1.54, 1.807) is 46.6 Å². The summed E-state index contributed by atoms with van der Waals surface area (Å²) in [4.78, 5) is 19.2. The number of aromatic nitrogens is 2. The van der Waals surface area contributed by atoms with Crippen LogP contribution in [0.25, 0.3) is 11.5 Å². The van der Waals surface area contributed by atoms with E-state index in [1.807, 2.05) is 30.0 Å². The Bertz CT molecular complexity index is 1140. The Balaban J connectivity index is 1.53. The molecule has 0 saturated carbocycles. The smallest absolute Gasteiger partial charge is 0.261 e. The molecule has 2 heterocycles. The van der Waals surface area contributed by atoms with E-state index in [1.165, 1.54) is 0 Å². The van der Waals surface area contributed by atoms with E-state index in [-0.39, 0.29) is 17.9 Å². The van der Waals surface area contributed by atoms with Crippen molar-refractivity contribution in [3.8, 4) is 34.5 Å². The molecule has 2 aromatic carbocycles. The molecule has 33 heavy (non-hydrogen) atoms. The van der Waals surface area contributed by atoms with Crippen LogP contribution in [-0.2, 0) is 4.79 Å². The summed E-state index contributed by atoms with van der Waals surface area (Å²) in [6.07, 6.45) is 0.316. The van der Waals surface area contributed by atoms with E-state index in [4.69, 9.17) is 23.5 Å². The fourth-order valence-corrected chi connectivity index (χ4v) is 4.06. The number of rotatable bonds is 8. The number of ether oxygens (including phenoxy) is 4. The van der Waals surface area contributed by atoms with Crippen LogP contribution in [0.3, 0.4) is 0 Å². The van der Waals surface area contributed by atoms with E-state index in [9.17, 15) is 4.79 Å². The monoisotopic (exact) mass is 453 g/mol. The molecule has 1 aliphatic rings. The summed E-state index contributed by atoms with van der Waals surface area (Å²) < 4.78 is 26.9. The second-order valence-corrected chi connectivity index (χ2v) is 7.76. The fraction of sp³-hybridized carbons (Fsp3) is 0.375. The summed E-state index contributed by atoms with van der Waals surface area (Å²) >= 11 is 0. The van der Waals surface area contributed by atoms with Crippen LogP contribution in [0.2, 0.25) is 0 Å². The minimum atomic E-state index is -0.165. The zero-order valence-corrected chi connectivity index (χ0v) is 19.3. The SMILES string of the molecule is COc1ccc(-c2nc(C3CC(=O)N(C(C)c4ccc(OC)c(OC)c4)C3)no2)c(OC)c1. The van der Waals surface area contributed by atoms with Crippen LogP contribution >= 0.6 is 0 Å². The third-order valence-corrected chi connectivity index (χ3v) is 5.96. The first-order valence-electron chi connectivity index (χ1n) is 10.6. The molecule has 2 unspecified atom stereocenters. The quantitative estimate of drug-likeness (QED) is 0.508. The molecule has 1 aliphatic heterocycles. The van der Waals surface area contributed by atoms with Gasteiger partial charge in [0.25, 0.3) is 5.89 Å². The van der Waals surface area contributed by atoms with Gasteiger partial charge < -0.3 is 28.4 Å². The summed E-state index contributed by atoms with van der Waals surface area (Å²) in [5, 5.41) is 4.16. The first kappa shape index (κ1) is 22.4. The van der Waals surface area contributed by atoms with E-state index in [2.05, 4.69) is 10.1 Å². The average molecular weight is 453 g/mol. The fourth-order valence-electron chi connectivity index (χ4n) is 4.06. The van der Waals surface area contributed by atoms with Crippen molar-refractivity contribution in [2.45, 2.75) is 25.3 Å². The first-order valence-corrected chi connectivity index (χ1v) is 10.6. The lowest BCUT2D eigenvalue weighted by atomic mass is 10.1. The van der Waals surface area contributed by atoms with Crippen LogP contribution in [0, 0.1) is 0 Å². The van der Waals surface area contributed by atoms with E-state index in [0.29, 0.717) is 53.2 Å². The van der Waals surface area contributed by atoms with E-state index >= 15 is 0 Å². The van der Waals surface area contributed by atoms with Crippen molar-refractivity contribution in [1.82, 2.24) is 15.0 Å². The van der Waals surface area contributed by atoms with Gasteiger partial charge in [0.2, 0.25) is 5.91 Å². The van der Waals surface area contributed by atoms with Gasteiger partial charge in [-0.05, 0) is 36.8 Å². The average Bonchev–Trinajstić information content (AvgIpc) is 3.49. The number of carbonyl (C=O) groups is 1. The summed E-state index contributed by atoms with van der Waals surface area (Å²) in [6.45, 7) is 2.48. The molecule has 4 rings (SSSR count). The lowest BCUT2D eigenvalue weighted by molar-refractivity contribution is -0.129. The molecule has 1 amide bonds. The number of amides is 1. The van der Waals surface area contributed by atoms with Crippen LogP contribution < -0.4 is 18.9 Å². The highest BCUT2D eigenvalue weighted by atomic mass is 16.5. The van der Waals surface area contributed by atoms with Gasteiger partial charge in [0, 0.05) is 24.9 Å². The van der Waals surface area contributed by atoms with Gasteiger partial charge in [-0.3, -0.25) is 4.79 Å². The van der Waals surface area contributed by atoms with Crippen molar-refractivity contribution in [2.75, 3.05) is 35.0 Å². The molecule has 3 aromatic rings. The third kappa shape index (κ3) is 4.30. The summed E-state index contributed by atoms with van der Waals surface area (Å²) in [7, 11) is 6.34. The molecule has 174 valence electrons. The van der Waals surface area contributed by atoms with Crippen molar-refractivity contribution in [3.05, 3.63) is 47.8 Å². The van der Waals surface area contributed by atoms with Gasteiger partial charge in [-0.15, -0.1) is 0 Å². The van der Waals surface area contributed by atoms with Gasteiger partial charge in [-0.2, -0.15) is 4.98 Å². The number of nitrogens with zero attached hydrogens (tertiary/aromatic N) is 3.